The number of rotatable bonds is 3. The largest absolute Gasteiger partial charge is 0.452 e. The first-order valence-electron chi connectivity index (χ1n) is 5.29. The van der Waals surface area contributed by atoms with Gasteiger partial charge in [-0.1, -0.05) is 6.42 Å². The van der Waals surface area contributed by atoms with Crippen molar-refractivity contribution in [2.75, 3.05) is 11.9 Å². The molecule has 0 saturated heterocycles. The second-order valence-electron chi connectivity index (χ2n) is 4.06. The Morgan fingerprint density at radius 3 is 2.71 bits per heavy atom. The molecular weight excluding hydrogens is 255 g/mol. The number of aromatic nitrogens is 2. The van der Waals surface area contributed by atoms with Crippen LogP contribution in [-0.4, -0.2) is 27.1 Å². The maximum Gasteiger partial charge on any atom is 0.452 e. The molecule has 2 unspecified atom stereocenters. The summed E-state index contributed by atoms with van der Waals surface area (Å²) in [4.78, 5) is 3.36. The summed E-state index contributed by atoms with van der Waals surface area (Å²) in [6.45, 7) is 0.438. The van der Waals surface area contributed by atoms with Crippen molar-refractivity contribution < 1.29 is 18.3 Å². The Kier molecular flexibility index (Phi) is 3.53. The topological polar surface area (TPSA) is 58.0 Å². The SMILES string of the molecule is OC1CCCC1CNc1nc(C(F)(F)F)ns1. The number of anilines is 1. The second-order valence-corrected chi connectivity index (χ2v) is 4.81. The molecule has 2 rings (SSSR count). The van der Waals surface area contributed by atoms with Gasteiger partial charge in [-0.25, -0.2) is 0 Å². The van der Waals surface area contributed by atoms with Gasteiger partial charge in [-0.2, -0.15) is 22.5 Å². The Morgan fingerprint density at radius 1 is 1.41 bits per heavy atom. The molecule has 4 nitrogen and oxygen atoms in total. The molecule has 0 aromatic carbocycles. The van der Waals surface area contributed by atoms with Gasteiger partial charge >= 0.3 is 6.18 Å². The summed E-state index contributed by atoms with van der Waals surface area (Å²) in [6, 6.07) is 0. The van der Waals surface area contributed by atoms with E-state index in [1.807, 2.05) is 0 Å². The minimum atomic E-state index is -4.50. The first kappa shape index (κ1) is 12.6. The van der Waals surface area contributed by atoms with Crippen molar-refractivity contribution in [2.45, 2.75) is 31.5 Å². The number of aliphatic hydroxyl groups is 1. The molecule has 1 aromatic heterocycles. The first-order valence-corrected chi connectivity index (χ1v) is 6.07. The molecule has 0 spiro atoms. The van der Waals surface area contributed by atoms with Gasteiger partial charge in [0.2, 0.25) is 11.0 Å². The number of nitrogens with zero attached hydrogens (tertiary/aromatic N) is 2. The Labute approximate surface area is 100 Å². The molecule has 8 heteroatoms. The van der Waals surface area contributed by atoms with E-state index in [0.29, 0.717) is 18.1 Å². The van der Waals surface area contributed by atoms with Crippen molar-refractivity contribution >= 4 is 16.7 Å². The number of halogens is 3. The first-order chi connectivity index (χ1) is 7.97. The molecule has 1 saturated carbocycles. The lowest BCUT2D eigenvalue weighted by atomic mass is 10.1. The zero-order valence-corrected chi connectivity index (χ0v) is 9.68. The Morgan fingerprint density at radius 2 is 2.18 bits per heavy atom. The highest BCUT2D eigenvalue weighted by Gasteiger charge is 2.36. The molecule has 1 aromatic rings. The van der Waals surface area contributed by atoms with Crippen molar-refractivity contribution in [1.82, 2.24) is 9.36 Å². The Bertz CT molecular complexity index is 382. The monoisotopic (exact) mass is 267 g/mol. The van der Waals surface area contributed by atoms with Crippen LogP contribution in [0.15, 0.2) is 0 Å². The van der Waals surface area contributed by atoms with E-state index < -0.39 is 12.0 Å². The second kappa shape index (κ2) is 4.77. The van der Waals surface area contributed by atoms with Crippen LogP contribution in [0.2, 0.25) is 0 Å². The third-order valence-corrected chi connectivity index (χ3v) is 3.49. The minimum Gasteiger partial charge on any atom is -0.393 e. The maximum atomic E-state index is 12.2. The van der Waals surface area contributed by atoms with E-state index in [-0.39, 0.29) is 17.2 Å². The zero-order chi connectivity index (χ0) is 12.5. The standard InChI is InChI=1S/C9H12F3N3OS/c10-9(11,12)7-14-8(17-15-7)13-4-5-2-1-3-6(5)16/h5-6,16H,1-4H2,(H,13,14,15). The maximum absolute atomic E-state index is 12.2. The van der Waals surface area contributed by atoms with Crippen molar-refractivity contribution in [2.24, 2.45) is 5.92 Å². The molecular formula is C9H12F3N3OS. The van der Waals surface area contributed by atoms with Crippen LogP contribution in [-0.2, 0) is 6.18 Å². The molecule has 1 aliphatic rings. The van der Waals surface area contributed by atoms with Crippen LogP contribution in [0.4, 0.5) is 18.3 Å². The summed E-state index contributed by atoms with van der Waals surface area (Å²) >= 11 is 0.687. The Balaban J connectivity index is 1.89. The summed E-state index contributed by atoms with van der Waals surface area (Å²) in [6.07, 6.45) is -2.26. The summed E-state index contributed by atoms with van der Waals surface area (Å²) in [5, 5.41) is 12.5. The summed E-state index contributed by atoms with van der Waals surface area (Å²) in [5.41, 5.74) is 0. The molecule has 1 aliphatic carbocycles. The highest BCUT2D eigenvalue weighted by Crippen LogP contribution is 2.30. The Hall–Kier alpha value is -0.890. The quantitative estimate of drug-likeness (QED) is 0.880. The van der Waals surface area contributed by atoms with E-state index in [1.54, 1.807) is 0 Å². The smallest absolute Gasteiger partial charge is 0.393 e. The fourth-order valence-corrected chi connectivity index (χ4v) is 2.48. The highest BCUT2D eigenvalue weighted by molar-refractivity contribution is 7.09. The predicted molar refractivity (Wildman–Crippen MR) is 56.7 cm³/mol. The molecule has 17 heavy (non-hydrogen) atoms. The third-order valence-electron chi connectivity index (χ3n) is 2.81. The van der Waals surface area contributed by atoms with Crippen LogP contribution in [0.3, 0.4) is 0 Å². The van der Waals surface area contributed by atoms with Gasteiger partial charge in [-0.3, -0.25) is 0 Å². The van der Waals surface area contributed by atoms with Gasteiger partial charge in [0, 0.05) is 24.0 Å². The molecule has 0 bridgehead atoms. The lowest BCUT2D eigenvalue weighted by Crippen LogP contribution is -2.21. The number of hydrogen-bond acceptors (Lipinski definition) is 5. The van der Waals surface area contributed by atoms with Gasteiger partial charge in [0.1, 0.15) is 0 Å². The van der Waals surface area contributed by atoms with Crippen LogP contribution >= 0.6 is 11.5 Å². The fraction of sp³-hybridized carbons (Fsp3) is 0.778. The number of hydrogen-bond donors (Lipinski definition) is 2. The molecule has 2 N–H and O–H groups in total. The average molecular weight is 267 g/mol. The van der Waals surface area contributed by atoms with Gasteiger partial charge in [0.25, 0.3) is 0 Å². The van der Waals surface area contributed by atoms with E-state index >= 15 is 0 Å². The van der Waals surface area contributed by atoms with Crippen LogP contribution in [0.1, 0.15) is 25.1 Å². The van der Waals surface area contributed by atoms with E-state index in [9.17, 15) is 18.3 Å². The molecule has 96 valence electrons. The van der Waals surface area contributed by atoms with Gasteiger partial charge < -0.3 is 10.4 Å². The summed E-state index contributed by atoms with van der Waals surface area (Å²) in [5.74, 6) is -1.02. The molecule has 1 fully saturated rings. The highest BCUT2D eigenvalue weighted by atomic mass is 32.1. The van der Waals surface area contributed by atoms with Gasteiger partial charge in [0.05, 0.1) is 6.10 Å². The van der Waals surface area contributed by atoms with E-state index in [2.05, 4.69) is 14.7 Å². The predicted octanol–water partition coefficient (Wildman–Crippen LogP) is 2.13. The van der Waals surface area contributed by atoms with Crippen LogP contribution < -0.4 is 5.32 Å². The van der Waals surface area contributed by atoms with Gasteiger partial charge in [-0.15, -0.1) is 0 Å². The average Bonchev–Trinajstić information content (AvgIpc) is 2.82. The number of alkyl halides is 3. The van der Waals surface area contributed by atoms with Crippen molar-refractivity contribution in [3.8, 4) is 0 Å². The molecule has 0 radical (unpaired) electrons. The van der Waals surface area contributed by atoms with E-state index in [1.165, 1.54) is 0 Å². The van der Waals surface area contributed by atoms with Crippen LogP contribution in [0.25, 0.3) is 0 Å². The zero-order valence-electron chi connectivity index (χ0n) is 8.87. The van der Waals surface area contributed by atoms with Crippen LogP contribution in [0, 0.1) is 5.92 Å². The van der Waals surface area contributed by atoms with Crippen LogP contribution in [0.5, 0.6) is 0 Å². The normalized spacial score (nSPS) is 25.2. The molecule has 2 atom stereocenters. The van der Waals surface area contributed by atoms with Crippen molar-refractivity contribution in [3.63, 3.8) is 0 Å². The number of nitrogens with one attached hydrogen (secondary N) is 1. The fourth-order valence-electron chi connectivity index (χ4n) is 1.88. The van der Waals surface area contributed by atoms with E-state index in [4.69, 9.17) is 0 Å². The van der Waals surface area contributed by atoms with Crippen molar-refractivity contribution in [1.29, 1.82) is 0 Å². The lowest BCUT2D eigenvalue weighted by Gasteiger charge is -2.13. The summed E-state index contributed by atoms with van der Waals surface area (Å²) < 4.78 is 39.9. The molecule has 0 aliphatic heterocycles. The van der Waals surface area contributed by atoms with E-state index in [0.717, 1.165) is 19.3 Å². The lowest BCUT2D eigenvalue weighted by molar-refractivity contribution is -0.144. The third kappa shape index (κ3) is 3.06. The van der Waals surface area contributed by atoms with Gasteiger partial charge in [0.15, 0.2) is 0 Å². The molecule has 1 heterocycles. The minimum absolute atomic E-state index is 0.0910. The molecule has 0 amide bonds. The van der Waals surface area contributed by atoms with Gasteiger partial charge in [-0.05, 0) is 12.8 Å². The van der Waals surface area contributed by atoms with Crippen molar-refractivity contribution in [3.05, 3.63) is 5.82 Å². The number of aliphatic hydroxyl groups excluding tert-OH is 1. The summed E-state index contributed by atoms with van der Waals surface area (Å²) in [7, 11) is 0.